The number of nitrogens with zero attached hydrogens (tertiary/aromatic N) is 2. The van der Waals surface area contributed by atoms with Crippen molar-refractivity contribution in [1.82, 2.24) is 9.55 Å². The molecule has 1 radical (unpaired) electrons. The number of aryl methyl sites for hydroxylation is 4. The zero-order chi connectivity index (χ0) is 22.4. The van der Waals surface area contributed by atoms with Crippen molar-refractivity contribution in [2.75, 3.05) is 0 Å². The maximum absolute atomic E-state index is 4.51. The molecule has 2 heteroatoms. The van der Waals surface area contributed by atoms with Crippen LogP contribution < -0.4 is 0 Å². The largest absolute Gasteiger partial charge is 0.344 e. The summed E-state index contributed by atoms with van der Waals surface area (Å²) in [5.74, 6) is 1.76. The summed E-state index contributed by atoms with van der Waals surface area (Å²) in [4.78, 5) is 4.51. The first kappa shape index (κ1) is 21.0. The molecule has 2 aromatic heterocycles. The zero-order valence-electron chi connectivity index (χ0n) is 20.1. The smallest absolute Gasteiger partial charge is 0.0485 e. The van der Waals surface area contributed by atoms with E-state index in [1.165, 1.54) is 60.6 Å². The highest BCUT2D eigenvalue weighted by molar-refractivity contribution is 5.86. The van der Waals surface area contributed by atoms with E-state index >= 15 is 0 Å². The van der Waals surface area contributed by atoms with Crippen LogP contribution in [-0.4, -0.2) is 9.55 Å². The van der Waals surface area contributed by atoms with E-state index in [1.807, 2.05) is 6.20 Å². The van der Waals surface area contributed by atoms with E-state index in [9.17, 15) is 0 Å². The first-order valence-corrected chi connectivity index (χ1v) is 12.9. The number of rotatable bonds is 6. The summed E-state index contributed by atoms with van der Waals surface area (Å²) in [7, 11) is 0. The number of hydrogen-bond donors (Lipinski definition) is 0. The van der Waals surface area contributed by atoms with Gasteiger partial charge in [0.25, 0.3) is 0 Å². The molecular formula is C31H37N2. The summed E-state index contributed by atoms with van der Waals surface area (Å²) in [6.45, 7) is 5.32. The van der Waals surface area contributed by atoms with Crippen molar-refractivity contribution in [2.45, 2.75) is 71.8 Å². The summed E-state index contributed by atoms with van der Waals surface area (Å²) in [5, 5.41) is 1.47. The number of hydrogen-bond acceptors (Lipinski definition) is 1. The summed E-state index contributed by atoms with van der Waals surface area (Å²) >= 11 is 0. The molecule has 3 aliphatic rings. The van der Waals surface area contributed by atoms with Crippen molar-refractivity contribution >= 4 is 10.9 Å². The number of allylic oxidation sites excluding steroid dienone is 4. The summed E-state index contributed by atoms with van der Waals surface area (Å²) in [6, 6.07) is 11.4. The Morgan fingerprint density at radius 3 is 2.82 bits per heavy atom. The van der Waals surface area contributed by atoms with Gasteiger partial charge in [0.05, 0.1) is 0 Å². The molecular weight excluding hydrogens is 400 g/mol. The number of benzene rings is 1. The van der Waals surface area contributed by atoms with Crippen molar-refractivity contribution in [3.8, 4) is 0 Å². The minimum Gasteiger partial charge on any atom is -0.344 e. The van der Waals surface area contributed by atoms with E-state index in [2.05, 4.69) is 72.3 Å². The second-order valence-electron chi connectivity index (χ2n) is 10.6. The fraction of sp³-hybridized carbons (Fsp3) is 0.419. The molecule has 1 fully saturated rings. The lowest BCUT2D eigenvalue weighted by molar-refractivity contribution is 0.515. The van der Waals surface area contributed by atoms with Crippen molar-refractivity contribution in [2.24, 2.45) is 11.8 Å². The van der Waals surface area contributed by atoms with Gasteiger partial charge in [-0.3, -0.25) is 4.98 Å². The lowest BCUT2D eigenvalue weighted by atomic mass is 9.93. The minimum atomic E-state index is 0. The van der Waals surface area contributed by atoms with Crippen LogP contribution in [0, 0.1) is 32.1 Å². The second-order valence-corrected chi connectivity index (χ2v) is 10.6. The molecule has 0 amide bonds. The molecule has 0 spiro atoms. The average Bonchev–Trinajstić information content (AvgIpc) is 3.54. The molecule has 2 nitrogen and oxygen atoms in total. The predicted molar refractivity (Wildman–Crippen MR) is 139 cm³/mol. The van der Waals surface area contributed by atoms with Crippen LogP contribution in [0.3, 0.4) is 0 Å². The highest BCUT2D eigenvalue weighted by atomic mass is 15.0. The van der Waals surface area contributed by atoms with Crippen LogP contribution in [-0.2, 0) is 25.8 Å². The molecule has 1 saturated carbocycles. The Balaban J connectivity index is 0.00000241. The van der Waals surface area contributed by atoms with Gasteiger partial charge in [0.2, 0.25) is 0 Å². The quantitative estimate of drug-likeness (QED) is 0.365. The van der Waals surface area contributed by atoms with Gasteiger partial charge in [-0.15, -0.1) is 0 Å². The van der Waals surface area contributed by atoms with Crippen molar-refractivity contribution < 1.29 is 1.43 Å². The maximum Gasteiger partial charge on any atom is 0.0485 e. The highest BCUT2D eigenvalue weighted by Gasteiger charge is 2.31. The van der Waals surface area contributed by atoms with Crippen LogP contribution in [0.25, 0.3) is 10.9 Å². The number of pyridine rings is 1. The summed E-state index contributed by atoms with van der Waals surface area (Å²) in [6.07, 6.45) is 19.4. The Bertz CT molecular complexity index is 1240. The molecule has 0 bridgehead atoms. The van der Waals surface area contributed by atoms with Crippen molar-refractivity contribution in [3.05, 3.63) is 94.3 Å². The molecule has 3 aliphatic carbocycles. The molecule has 171 valence electrons. The lowest BCUT2D eigenvalue weighted by Crippen LogP contribution is -2.07. The standard InChI is InChI=1S/C31H35N2.H2/c1-21-3-13-31-29(17-21)28-12-7-23(18-25-6-9-27(19-25)26-10-11-26)8-14-30(28)33(31)16-15-24-5-4-22(2)32-20-24;/h3-5,7,10-11,13,17,20,25,27H,6,8-9,12,14-16,18-19H2,1-2H3;1H. The molecule has 0 N–H and O–H groups in total. The first-order chi connectivity index (χ1) is 16.1. The fourth-order valence-electron chi connectivity index (χ4n) is 6.31. The van der Waals surface area contributed by atoms with Gasteiger partial charge in [-0.2, -0.15) is 0 Å². The van der Waals surface area contributed by atoms with Gasteiger partial charge in [0.15, 0.2) is 0 Å². The molecule has 2 atom stereocenters. The van der Waals surface area contributed by atoms with Crippen LogP contribution in [0.5, 0.6) is 0 Å². The third-order valence-electron chi connectivity index (χ3n) is 8.24. The Morgan fingerprint density at radius 1 is 1.09 bits per heavy atom. The Hall–Kier alpha value is -2.61. The van der Waals surface area contributed by atoms with Crippen LogP contribution in [0.15, 0.2) is 59.8 Å². The Kier molecular flexibility index (Phi) is 5.48. The highest BCUT2D eigenvalue weighted by Crippen LogP contribution is 2.44. The topological polar surface area (TPSA) is 17.8 Å². The third-order valence-corrected chi connectivity index (χ3v) is 8.24. The van der Waals surface area contributed by atoms with Crippen molar-refractivity contribution in [3.63, 3.8) is 0 Å². The van der Waals surface area contributed by atoms with Gasteiger partial charge in [-0.05, 0) is 106 Å². The number of fused-ring (bicyclic) bond motifs is 3. The van der Waals surface area contributed by atoms with Crippen LogP contribution in [0.1, 0.15) is 61.6 Å². The molecule has 0 saturated heterocycles. The van der Waals surface area contributed by atoms with Gasteiger partial charge in [-0.25, -0.2) is 0 Å². The number of aromatic nitrogens is 2. The van der Waals surface area contributed by atoms with Gasteiger partial charge < -0.3 is 4.57 Å². The van der Waals surface area contributed by atoms with Crippen LogP contribution in [0.4, 0.5) is 0 Å². The van der Waals surface area contributed by atoms with E-state index in [-0.39, 0.29) is 1.43 Å². The predicted octanol–water partition coefficient (Wildman–Crippen LogP) is 7.51. The summed E-state index contributed by atoms with van der Waals surface area (Å²) in [5.41, 5.74) is 11.7. The van der Waals surface area contributed by atoms with E-state index in [0.29, 0.717) is 0 Å². The molecule has 3 aromatic rings. The van der Waals surface area contributed by atoms with Gasteiger partial charge in [-0.1, -0.05) is 41.0 Å². The lowest BCUT2D eigenvalue weighted by Gasteiger charge is -2.14. The van der Waals surface area contributed by atoms with Gasteiger partial charge in [0, 0.05) is 42.9 Å². The van der Waals surface area contributed by atoms with Gasteiger partial charge >= 0.3 is 0 Å². The Labute approximate surface area is 199 Å². The molecule has 0 aliphatic heterocycles. The average molecular weight is 438 g/mol. The van der Waals surface area contributed by atoms with E-state index in [1.54, 1.807) is 22.4 Å². The van der Waals surface area contributed by atoms with Crippen molar-refractivity contribution in [1.29, 1.82) is 0 Å². The normalized spacial score (nSPS) is 22.1. The molecule has 6 rings (SSSR count). The molecule has 2 unspecified atom stereocenters. The van der Waals surface area contributed by atoms with Crippen LogP contribution in [0.2, 0.25) is 0 Å². The Morgan fingerprint density at radius 2 is 2.00 bits per heavy atom. The molecule has 2 heterocycles. The van der Waals surface area contributed by atoms with Crippen LogP contribution >= 0.6 is 0 Å². The molecule has 33 heavy (non-hydrogen) atoms. The summed E-state index contributed by atoms with van der Waals surface area (Å²) < 4.78 is 2.63. The second kappa shape index (κ2) is 8.63. The minimum absolute atomic E-state index is 0. The SMILES string of the molecule is Cc1ccc2c(c1)c1c(n2CCc2ccc(C)nc2)CCC(CC2CCC(C3=C[CH]3)C2)=CC1.[HH]. The van der Waals surface area contributed by atoms with E-state index in [0.717, 1.165) is 36.9 Å². The van der Waals surface area contributed by atoms with Gasteiger partial charge in [0.1, 0.15) is 0 Å². The first-order valence-electron chi connectivity index (χ1n) is 12.9. The molecule has 1 aromatic carbocycles. The monoisotopic (exact) mass is 437 g/mol. The third kappa shape index (κ3) is 4.33. The maximum atomic E-state index is 4.51. The zero-order valence-corrected chi connectivity index (χ0v) is 20.1. The van der Waals surface area contributed by atoms with E-state index < -0.39 is 0 Å². The van der Waals surface area contributed by atoms with E-state index in [4.69, 9.17) is 0 Å². The fourth-order valence-corrected chi connectivity index (χ4v) is 6.31.